The molecule has 1 rings (SSSR count). The molecule has 0 saturated heterocycles. The molecule has 15 heavy (non-hydrogen) atoms. The fraction of sp³-hybridized carbons (Fsp3) is 0.385. The zero-order valence-corrected chi connectivity index (χ0v) is 10.1. The molecule has 0 fully saturated rings. The smallest absolute Gasteiger partial charge is 0.0205 e. The summed E-state index contributed by atoms with van der Waals surface area (Å²) in [5.41, 5.74) is 1.35. The van der Waals surface area contributed by atoms with Crippen LogP contribution in [0.15, 0.2) is 41.8 Å². The highest BCUT2D eigenvalue weighted by Gasteiger charge is 1.94. The van der Waals surface area contributed by atoms with Crippen LogP contribution < -0.4 is 5.32 Å². The number of thioether (sulfide) groups is 1. The molecule has 0 aromatic heterocycles. The fourth-order valence-corrected chi connectivity index (χ4v) is 1.91. The van der Waals surface area contributed by atoms with Crippen molar-refractivity contribution >= 4 is 11.8 Å². The summed E-state index contributed by atoms with van der Waals surface area (Å²) >= 11 is 1.82. The molecule has 2 heteroatoms. The van der Waals surface area contributed by atoms with Gasteiger partial charge in [-0.1, -0.05) is 25.1 Å². The van der Waals surface area contributed by atoms with Gasteiger partial charge in [-0.05, 0) is 30.7 Å². The van der Waals surface area contributed by atoms with E-state index in [1.807, 2.05) is 17.8 Å². The maximum atomic E-state index is 3.71. The van der Waals surface area contributed by atoms with Crippen LogP contribution in [0.25, 0.3) is 0 Å². The van der Waals surface area contributed by atoms with Crippen molar-refractivity contribution < 1.29 is 0 Å². The van der Waals surface area contributed by atoms with Crippen LogP contribution in [0.3, 0.4) is 0 Å². The highest BCUT2D eigenvalue weighted by Crippen LogP contribution is 2.18. The fourth-order valence-electron chi connectivity index (χ4n) is 1.27. The highest BCUT2D eigenvalue weighted by molar-refractivity contribution is 7.99. The maximum absolute atomic E-state index is 3.71. The second-order valence-electron chi connectivity index (χ2n) is 3.42. The molecule has 1 aromatic rings. The van der Waals surface area contributed by atoms with Gasteiger partial charge in [0.1, 0.15) is 0 Å². The molecule has 0 unspecified atom stereocenters. The van der Waals surface area contributed by atoms with E-state index in [1.165, 1.54) is 16.9 Å². The molecular weight excluding hydrogens is 202 g/mol. The molecule has 0 radical (unpaired) electrons. The van der Waals surface area contributed by atoms with E-state index in [0.717, 1.165) is 18.8 Å². The molecule has 0 amide bonds. The summed E-state index contributed by atoms with van der Waals surface area (Å²) in [6.07, 6.45) is 3.12. The zero-order chi connectivity index (χ0) is 10.9. The van der Waals surface area contributed by atoms with Crippen molar-refractivity contribution in [2.75, 3.05) is 12.3 Å². The van der Waals surface area contributed by atoms with E-state index < -0.39 is 0 Å². The molecule has 0 atom stereocenters. The second kappa shape index (κ2) is 7.55. The summed E-state index contributed by atoms with van der Waals surface area (Å²) in [6.45, 7) is 7.96. The van der Waals surface area contributed by atoms with Crippen molar-refractivity contribution in [3.8, 4) is 0 Å². The minimum absolute atomic E-state index is 0.972. The summed E-state index contributed by atoms with van der Waals surface area (Å²) in [4.78, 5) is 1.31. The number of hydrogen-bond acceptors (Lipinski definition) is 2. The van der Waals surface area contributed by atoms with E-state index in [1.54, 1.807) is 0 Å². The Labute approximate surface area is 97.0 Å². The first-order chi connectivity index (χ1) is 7.36. The van der Waals surface area contributed by atoms with Crippen LogP contribution in [0.5, 0.6) is 0 Å². The Bertz CT molecular complexity index is 279. The minimum Gasteiger partial charge on any atom is -0.313 e. The summed E-state index contributed by atoms with van der Waals surface area (Å²) in [6, 6.07) is 8.73. The lowest BCUT2D eigenvalue weighted by atomic mass is 10.2. The van der Waals surface area contributed by atoms with Gasteiger partial charge in [-0.25, -0.2) is 0 Å². The minimum atomic E-state index is 0.972. The van der Waals surface area contributed by atoms with Gasteiger partial charge in [0.2, 0.25) is 0 Å². The Balaban J connectivity index is 2.38. The van der Waals surface area contributed by atoms with Crippen molar-refractivity contribution in [3.05, 3.63) is 42.5 Å². The van der Waals surface area contributed by atoms with Crippen molar-refractivity contribution in [3.63, 3.8) is 0 Å². The molecule has 0 saturated carbocycles. The Morgan fingerprint density at radius 2 is 2.07 bits per heavy atom. The van der Waals surface area contributed by atoms with E-state index in [9.17, 15) is 0 Å². The monoisotopic (exact) mass is 221 g/mol. The summed E-state index contributed by atoms with van der Waals surface area (Å²) in [5.74, 6) is 0.980. The lowest BCUT2D eigenvalue weighted by Crippen LogP contribution is -2.13. The average Bonchev–Trinajstić information content (AvgIpc) is 2.28. The van der Waals surface area contributed by atoms with E-state index in [4.69, 9.17) is 0 Å². The first-order valence-corrected chi connectivity index (χ1v) is 6.38. The molecule has 1 N–H and O–H groups in total. The van der Waals surface area contributed by atoms with Crippen molar-refractivity contribution in [1.82, 2.24) is 5.32 Å². The molecule has 1 aromatic carbocycles. The normalized spacial score (nSPS) is 10.2. The predicted molar refractivity (Wildman–Crippen MR) is 69.4 cm³/mol. The lowest BCUT2D eigenvalue weighted by Gasteiger charge is -2.04. The molecule has 0 heterocycles. The second-order valence-corrected chi connectivity index (χ2v) is 4.51. The Morgan fingerprint density at radius 3 is 2.67 bits per heavy atom. The molecule has 1 nitrogen and oxygen atoms in total. The third kappa shape index (κ3) is 5.05. The third-order valence-electron chi connectivity index (χ3n) is 2.05. The lowest BCUT2D eigenvalue weighted by molar-refractivity contribution is 0.675. The predicted octanol–water partition coefficient (Wildman–Crippen LogP) is 3.46. The maximum Gasteiger partial charge on any atom is 0.0205 e. The summed E-state index contributed by atoms with van der Waals surface area (Å²) < 4.78 is 0. The van der Waals surface area contributed by atoms with Gasteiger partial charge >= 0.3 is 0 Å². The topological polar surface area (TPSA) is 12.0 Å². The average molecular weight is 221 g/mol. The van der Waals surface area contributed by atoms with Crippen LogP contribution in [0.4, 0.5) is 0 Å². The number of hydrogen-bond donors (Lipinski definition) is 1. The van der Waals surface area contributed by atoms with E-state index >= 15 is 0 Å². The van der Waals surface area contributed by atoms with Gasteiger partial charge in [-0.15, -0.1) is 18.3 Å². The van der Waals surface area contributed by atoms with E-state index in [-0.39, 0.29) is 0 Å². The SMILES string of the molecule is C=CCSc1ccc(CNCCC)cc1. The first kappa shape index (κ1) is 12.3. The standard InChI is InChI=1S/C13H19NS/c1-3-9-14-11-12-5-7-13(8-6-12)15-10-4-2/h4-8,14H,2-3,9-11H2,1H3. The number of benzene rings is 1. The van der Waals surface area contributed by atoms with Crippen LogP contribution in [-0.2, 0) is 6.54 Å². The summed E-state index contributed by atoms with van der Waals surface area (Å²) in [7, 11) is 0. The molecule has 82 valence electrons. The van der Waals surface area contributed by atoms with Crippen LogP contribution in [0.1, 0.15) is 18.9 Å². The van der Waals surface area contributed by atoms with Gasteiger partial charge in [0, 0.05) is 17.2 Å². The van der Waals surface area contributed by atoms with Gasteiger partial charge in [-0.3, -0.25) is 0 Å². The quantitative estimate of drug-likeness (QED) is 0.430. The van der Waals surface area contributed by atoms with Crippen LogP contribution in [-0.4, -0.2) is 12.3 Å². The van der Waals surface area contributed by atoms with Crippen LogP contribution in [0, 0.1) is 0 Å². The largest absolute Gasteiger partial charge is 0.313 e. The van der Waals surface area contributed by atoms with Gasteiger partial charge in [0.25, 0.3) is 0 Å². The molecule has 0 spiro atoms. The van der Waals surface area contributed by atoms with Crippen molar-refractivity contribution in [2.45, 2.75) is 24.8 Å². The van der Waals surface area contributed by atoms with Gasteiger partial charge in [0.05, 0.1) is 0 Å². The Morgan fingerprint density at radius 1 is 1.33 bits per heavy atom. The molecule has 0 bridgehead atoms. The number of nitrogens with one attached hydrogen (secondary N) is 1. The first-order valence-electron chi connectivity index (χ1n) is 5.40. The van der Waals surface area contributed by atoms with Gasteiger partial charge in [0.15, 0.2) is 0 Å². The van der Waals surface area contributed by atoms with Gasteiger partial charge < -0.3 is 5.32 Å². The van der Waals surface area contributed by atoms with Crippen molar-refractivity contribution in [1.29, 1.82) is 0 Å². The highest BCUT2D eigenvalue weighted by atomic mass is 32.2. The number of rotatable bonds is 7. The Kier molecular flexibility index (Phi) is 6.21. The van der Waals surface area contributed by atoms with Crippen LogP contribution in [0.2, 0.25) is 0 Å². The third-order valence-corrected chi connectivity index (χ3v) is 3.05. The van der Waals surface area contributed by atoms with Gasteiger partial charge in [-0.2, -0.15) is 0 Å². The Hall–Kier alpha value is -0.730. The molecule has 0 aliphatic carbocycles. The molecular formula is C13H19NS. The van der Waals surface area contributed by atoms with Crippen molar-refractivity contribution in [2.24, 2.45) is 0 Å². The molecule has 0 aliphatic heterocycles. The van der Waals surface area contributed by atoms with E-state index in [0.29, 0.717) is 0 Å². The molecule has 0 aliphatic rings. The summed E-state index contributed by atoms with van der Waals surface area (Å²) in [5, 5.41) is 3.39. The van der Waals surface area contributed by atoms with E-state index in [2.05, 4.69) is 43.1 Å². The zero-order valence-electron chi connectivity index (χ0n) is 9.33. The van der Waals surface area contributed by atoms with Crippen LogP contribution >= 0.6 is 11.8 Å².